The van der Waals surface area contributed by atoms with Gasteiger partial charge in [0.2, 0.25) is 17.7 Å². The minimum Gasteiger partial charge on any atom is -0.444 e. The fourth-order valence-corrected chi connectivity index (χ4v) is 4.54. The van der Waals surface area contributed by atoms with Crippen molar-refractivity contribution in [2.24, 2.45) is 11.8 Å². The summed E-state index contributed by atoms with van der Waals surface area (Å²) in [6, 6.07) is 1.38. The lowest BCUT2D eigenvalue weighted by atomic mass is 9.81. The number of hydrogen-bond acceptors (Lipinski definition) is 5. The first-order valence-electron chi connectivity index (χ1n) is 13.0. The Morgan fingerprint density at radius 1 is 1.05 bits per heavy atom. The van der Waals surface area contributed by atoms with Crippen molar-refractivity contribution in [1.29, 1.82) is 0 Å². The molecule has 0 aromatic carbocycles. The van der Waals surface area contributed by atoms with Crippen LogP contribution in [0.5, 0.6) is 0 Å². The highest BCUT2D eigenvalue weighted by Gasteiger charge is 2.41. The molecule has 0 bridgehead atoms. The van der Waals surface area contributed by atoms with Gasteiger partial charge in [-0.2, -0.15) is 13.2 Å². The van der Waals surface area contributed by atoms with Crippen LogP contribution in [0.2, 0.25) is 0 Å². The molecule has 2 aliphatic carbocycles. The number of carbonyl (C=O) groups is 3. The predicted octanol–water partition coefficient (Wildman–Crippen LogP) is 5.65. The lowest BCUT2D eigenvalue weighted by molar-refractivity contribution is -0.144. The van der Waals surface area contributed by atoms with E-state index in [-0.39, 0.29) is 24.6 Å². The van der Waals surface area contributed by atoms with E-state index < -0.39 is 79.3 Å². The number of anilines is 1. The monoisotopic (exact) mass is 562 g/mol. The largest absolute Gasteiger partial charge is 0.444 e. The summed E-state index contributed by atoms with van der Waals surface area (Å²) >= 11 is 0. The fourth-order valence-electron chi connectivity index (χ4n) is 4.54. The molecule has 39 heavy (non-hydrogen) atoms. The number of amides is 3. The molecule has 8 nitrogen and oxygen atoms in total. The van der Waals surface area contributed by atoms with Gasteiger partial charge in [0, 0.05) is 25.5 Å². The van der Waals surface area contributed by atoms with Crippen LogP contribution in [0.15, 0.2) is 18.3 Å². The molecule has 3 amide bonds. The third-order valence-corrected chi connectivity index (χ3v) is 6.63. The molecular weight excluding hydrogens is 527 g/mol. The number of nitrogens with one attached hydrogen (secondary N) is 3. The van der Waals surface area contributed by atoms with Crippen molar-refractivity contribution >= 4 is 23.7 Å². The van der Waals surface area contributed by atoms with Crippen LogP contribution in [-0.4, -0.2) is 46.6 Å². The molecule has 0 spiro atoms. The van der Waals surface area contributed by atoms with Gasteiger partial charge in [-0.1, -0.05) is 0 Å². The Bertz CT molecular complexity index is 1030. The van der Waals surface area contributed by atoms with Crippen molar-refractivity contribution in [3.05, 3.63) is 23.9 Å². The Hall–Kier alpha value is -2.99. The first kappa shape index (κ1) is 30.6. The van der Waals surface area contributed by atoms with Crippen molar-refractivity contribution in [2.45, 2.75) is 102 Å². The van der Waals surface area contributed by atoms with E-state index in [2.05, 4.69) is 20.9 Å². The molecule has 1 heterocycles. The Kier molecular flexibility index (Phi) is 9.43. The molecule has 13 heteroatoms. The Morgan fingerprint density at radius 2 is 1.69 bits per heavy atom. The van der Waals surface area contributed by atoms with Gasteiger partial charge < -0.3 is 20.7 Å². The highest BCUT2D eigenvalue weighted by atomic mass is 19.4. The molecule has 0 aliphatic heterocycles. The molecule has 2 atom stereocenters. The van der Waals surface area contributed by atoms with Gasteiger partial charge in [0.15, 0.2) is 0 Å². The number of nitrogens with zero attached hydrogens (tertiary/aromatic N) is 1. The molecule has 1 aromatic rings. The van der Waals surface area contributed by atoms with Crippen LogP contribution in [-0.2, 0) is 14.3 Å². The summed E-state index contributed by atoms with van der Waals surface area (Å²) in [5.41, 5.74) is -0.291. The van der Waals surface area contributed by atoms with Gasteiger partial charge in [-0.25, -0.2) is 18.6 Å². The summed E-state index contributed by atoms with van der Waals surface area (Å²) in [5, 5.41) is 7.78. The molecule has 3 N–H and O–H groups in total. The van der Waals surface area contributed by atoms with Crippen molar-refractivity contribution in [2.75, 3.05) is 5.32 Å². The number of halogens is 5. The van der Waals surface area contributed by atoms with Crippen molar-refractivity contribution in [3.63, 3.8) is 0 Å². The van der Waals surface area contributed by atoms with Crippen LogP contribution in [0.25, 0.3) is 0 Å². The number of aromatic nitrogens is 1. The van der Waals surface area contributed by atoms with E-state index in [1.165, 1.54) is 12.3 Å². The number of pyridine rings is 1. The van der Waals surface area contributed by atoms with Gasteiger partial charge in [0.25, 0.3) is 0 Å². The second-order valence-electron chi connectivity index (χ2n) is 11.3. The third kappa shape index (κ3) is 10.2. The summed E-state index contributed by atoms with van der Waals surface area (Å²) in [6.07, 6.45) is -5.08. The maximum atomic E-state index is 13.8. The third-order valence-electron chi connectivity index (χ3n) is 6.63. The summed E-state index contributed by atoms with van der Waals surface area (Å²) < 4.78 is 70.3. The first-order valence-corrected chi connectivity index (χ1v) is 13.0. The molecule has 218 valence electrons. The van der Waals surface area contributed by atoms with Crippen molar-refractivity contribution in [3.8, 4) is 0 Å². The summed E-state index contributed by atoms with van der Waals surface area (Å²) in [4.78, 5) is 42.0. The fraction of sp³-hybridized carbons (Fsp3) is 0.692. The molecule has 2 aliphatic rings. The van der Waals surface area contributed by atoms with E-state index in [1.54, 1.807) is 26.8 Å². The smallest absolute Gasteiger partial charge is 0.408 e. The maximum Gasteiger partial charge on any atom is 0.408 e. The van der Waals surface area contributed by atoms with E-state index in [0.29, 0.717) is 5.56 Å². The van der Waals surface area contributed by atoms with Crippen molar-refractivity contribution in [1.82, 2.24) is 15.6 Å². The average molecular weight is 563 g/mol. The van der Waals surface area contributed by atoms with Gasteiger partial charge in [0.1, 0.15) is 17.5 Å². The SMILES string of the molecule is CC(C)(C)OC(=O)N[C@H](C(=O)Nc1cc(C(NC(=O)CCC(F)(F)F)C2CC2)ccn1)C1CCC(F)(F)CC1. The topological polar surface area (TPSA) is 109 Å². The summed E-state index contributed by atoms with van der Waals surface area (Å²) in [5.74, 6) is -4.67. The first-order chi connectivity index (χ1) is 18.0. The number of alkyl halides is 5. The number of ether oxygens (including phenoxy) is 1. The summed E-state index contributed by atoms with van der Waals surface area (Å²) in [6.45, 7) is 4.95. The number of hydrogen-bond donors (Lipinski definition) is 3. The van der Waals surface area contributed by atoms with Crippen molar-refractivity contribution < 1.29 is 41.1 Å². The number of carbonyl (C=O) groups excluding carboxylic acids is 3. The van der Waals surface area contributed by atoms with E-state index in [4.69, 9.17) is 4.74 Å². The minimum atomic E-state index is -4.45. The predicted molar refractivity (Wildman–Crippen MR) is 132 cm³/mol. The number of rotatable bonds is 9. The highest BCUT2D eigenvalue weighted by Crippen LogP contribution is 2.42. The van der Waals surface area contributed by atoms with E-state index >= 15 is 0 Å². The Balaban J connectivity index is 1.72. The molecule has 1 aromatic heterocycles. The molecule has 0 saturated heterocycles. The molecule has 2 saturated carbocycles. The van der Waals surface area contributed by atoms with Gasteiger partial charge in [-0.05, 0) is 76.0 Å². The lowest BCUT2D eigenvalue weighted by Crippen LogP contribution is -2.51. The molecule has 0 radical (unpaired) electrons. The van der Waals surface area contributed by atoms with Crippen LogP contribution in [0.3, 0.4) is 0 Å². The van der Waals surface area contributed by atoms with Gasteiger partial charge in [-0.3, -0.25) is 9.59 Å². The van der Waals surface area contributed by atoms with E-state index in [1.807, 2.05) is 0 Å². The Morgan fingerprint density at radius 3 is 2.26 bits per heavy atom. The second kappa shape index (κ2) is 12.0. The van der Waals surface area contributed by atoms with Gasteiger partial charge in [-0.15, -0.1) is 0 Å². The zero-order valence-corrected chi connectivity index (χ0v) is 22.2. The maximum absolute atomic E-state index is 13.8. The lowest BCUT2D eigenvalue weighted by Gasteiger charge is -2.33. The molecule has 2 fully saturated rings. The average Bonchev–Trinajstić information content (AvgIpc) is 3.64. The normalized spacial score (nSPS) is 19.5. The summed E-state index contributed by atoms with van der Waals surface area (Å²) in [7, 11) is 0. The molecular formula is C26H35F5N4O4. The van der Waals surface area contributed by atoms with Crippen LogP contribution >= 0.6 is 0 Å². The zero-order valence-electron chi connectivity index (χ0n) is 22.2. The van der Waals surface area contributed by atoms with Gasteiger partial charge in [0.05, 0.1) is 12.5 Å². The standard InChI is InChI=1S/C26H35F5N4O4/c1-24(2,3)39-23(38)35-21(16-6-10-25(27,28)11-7-16)22(37)33-18-14-17(9-13-32-18)20(15-4-5-15)34-19(36)8-12-26(29,30)31/h9,13-16,20-21H,4-8,10-12H2,1-3H3,(H,34,36)(H,35,38)(H,32,33,37)/t20?,21-/m0/s1. The molecule has 1 unspecified atom stereocenters. The number of alkyl carbamates (subject to hydrolysis) is 1. The second-order valence-corrected chi connectivity index (χ2v) is 11.3. The van der Waals surface area contributed by atoms with Crippen LogP contribution in [0.4, 0.5) is 32.6 Å². The Labute approximate surface area is 223 Å². The molecule has 3 rings (SSSR count). The van der Waals surface area contributed by atoms with Gasteiger partial charge >= 0.3 is 12.3 Å². The zero-order chi connectivity index (χ0) is 29.0. The van der Waals surface area contributed by atoms with Crippen LogP contribution < -0.4 is 16.0 Å². The van der Waals surface area contributed by atoms with Crippen LogP contribution in [0, 0.1) is 11.8 Å². The van der Waals surface area contributed by atoms with Crippen LogP contribution in [0.1, 0.15) is 83.7 Å². The van der Waals surface area contributed by atoms with E-state index in [9.17, 15) is 36.3 Å². The van der Waals surface area contributed by atoms with E-state index in [0.717, 1.165) is 12.8 Å². The quantitative estimate of drug-likeness (QED) is 0.337. The highest BCUT2D eigenvalue weighted by molar-refractivity contribution is 5.96. The minimum absolute atomic E-state index is 0.0159.